The maximum atomic E-state index is 12.0. The smallest absolute Gasteiger partial charge is 0.193 e. The van der Waals surface area contributed by atoms with Gasteiger partial charge in [0.1, 0.15) is 22.9 Å². The van der Waals surface area contributed by atoms with Gasteiger partial charge < -0.3 is 9.15 Å². The Labute approximate surface area is 104 Å². The van der Waals surface area contributed by atoms with Gasteiger partial charge in [-0.1, -0.05) is 0 Å². The van der Waals surface area contributed by atoms with E-state index in [1.807, 2.05) is 0 Å². The molecule has 0 radical (unpaired) electrons. The Morgan fingerprint density at radius 2 is 2.06 bits per heavy atom. The summed E-state index contributed by atoms with van der Waals surface area (Å²) in [4.78, 5) is 23.3. The molecule has 0 spiro atoms. The lowest BCUT2D eigenvalue weighted by Crippen LogP contribution is -2.07. The van der Waals surface area contributed by atoms with Crippen molar-refractivity contribution in [1.29, 1.82) is 0 Å². The summed E-state index contributed by atoms with van der Waals surface area (Å²) < 4.78 is 10.7. The fraction of sp³-hybridized carbons (Fsp3) is 0.286. The molecular formula is C14H14O4. The molecule has 94 valence electrons. The van der Waals surface area contributed by atoms with Crippen LogP contribution in [0.15, 0.2) is 27.4 Å². The van der Waals surface area contributed by atoms with E-state index in [1.165, 1.54) is 20.1 Å². The molecule has 0 amide bonds. The third kappa shape index (κ3) is 2.27. The van der Waals surface area contributed by atoms with Gasteiger partial charge in [0.05, 0.1) is 12.5 Å². The third-order valence-electron chi connectivity index (χ3n) is 2.68. The van der Waals surface area contributed by atoms with Crippen LogP contribution >= 0.6 is 0 Å². The normalized spacial score (nSPS) is 10.6. The molecule has 0 aliphatic heterocycles. The molecule has 1 heterocycles. The van der Waals surface area contributed by atoms with Gasteiger partial charge in [0.15, 0.2) is 5.43 Å². The lowest BCUT2D eigenvalue weighted by molar-refractivity contribution is -0.116. The molecule has 0 unspecified atom stereocenters. The molecule has 2 rings (SSSR count). The molecule has 4 nitrogen and oxygen atoms in total. The molecule has 0 atom stereocenters. The second kappa shape index (κ2) is 4.64. The second-order valence-electron chi connectivity index (χ2n) is 4.26. The van der Waals surface area contributed by atoms with Crippen molar-refractivity contribution in [3.8, 4) is 5.75 Å². The van der Waals surface area contributed by atoms with E-state index in [0.29, 0.717) is 28.0 Å². The zero-order valence-electron chi connectivity index (χ0n) is 10.6. The minimum atomic E-state index is -0.132. The van der Waals surface area contributed by atoms with Crippen LogP contribution in [0.5, 0.6) is 5.75 Å². The van der Waals surface area contributed by atoms with Crippen molar-refractivity contribution >= 4 is 16.8 Å². The van der Waals surface area contributed by atoms with Crippen LogP contribution in [0.25, 0.3) is 11.0 Å². The predicted molar refractivity (Wildman–Crippen MR) is 68.2 cm³/mol. The standard InChI is InChI=1S/C14H14O4/c1-8(15)4-10-6-11(17-3)7-13-14(10)12(16)5-9(2)18-13/h5-7H,4H2,1-3H3. The van der Waals surface area contributed by atoms with Crippen LogP contribution in [0.4, 0.5) is 0 Å². The van der Waals surface area contributed by atoms with E-state index >= 15 is 0 Å². The quantitative estimate of drug-likeness (QED) is 0.833. The summed E-state index contributed by atoms with van der Waals surface area (Å²) in [5.41, 5.74) is 0.967. The Bertz CT molecular complexity index is 667. The molecule has 4 heteroatoms. The van der Waals surface area contributed by atoms with Crippen LogP contribution in [0, 0.1) is 6.92 Å². The summed E-state index contributed by atoms with van der Waals surface area (Å²) in [6, 6.07) is 4.79. The van der Waals surface area contributed by atoms with Crippen LogP contribution in [0.1, 0.15) is 18.2 Å². The van der Waals surface area contributed by atoms with Crippen molar-refractivity contribution in [2.75, 3.05) is 7.11 Å². The zero-order chi connectivity index (χ0) is 13.3. The monoisotopic (exact) mass is 246 g/mol. The minimum Gasteiger partial charge on any atom is -0.497 e. The number of hydrogen-bond acceptors (Lipinski definition) is 4. The highest BCUT2D eigenvalue weighted by Crippen LogP contribution is 2.24. The van der Waals surface area contributed by atoms with Crippen molar-refractivity contribution in [2.45, 2.75) is 20.3 Å². The highest BCUT2D eigenvalue weighted by atomic mass is 16.5. The Hall–Kier alpha value is -2.10. The van der Waals surface area contributed by atoms with Crippen LogP contribution < -0.4 is 10.2 Å². The SMILES string of the molecule is COc1cc(CC(C)=O)c2c(=O)cc(C)oc2c1. The summed E-state index contributed by atoms with van der Waals surface area (Å²) in [6.45, 7) is 3.20. The van der Waals surface area contributed by atoms with Gasteiger partial charge >= 0.3 is 0 Å². The van der Waals surface area contributed by atoms with Crippen molar-refractivity contribution in [1.82, 2.24) is 0 Å². The molecule has 0 fully saturated rings. The summed E-state index contributed by atoms with van der Waals surface area (Å²) in [7, 11) is 1.53. The Morgan fingerprint density at radius 1 is 1.33 bits per heavy atom. The van der Waals surface area contributed by atoms with Gasteiger partial charge in [-0.3, -0.25) is 9.59 Å². The fourth-order valence-corrected chi connectivity index (χ4v) is 1.99. The lowest BCUT2D eigenvalue weighted by Gasteiger charge is -2.08. The first-order chi connectivity index (χ1) is 8.51. The summed E-state index contributed by atoms with van der Waals surface area (Å²) >= 11 is 0. The van der Waals surface area contributed by atoms with Crippen molar-refractivity contribution in [2.24, 2.45) is 0 Å². The number of rotatable bonds is 3. The second-order valence-corrected chi connectivity index (χ2v) is 4.26. The predicted octanol–water partition coefficient (Wildman–Crippen LogP) is 2.24. The van der Waals surface area contributed by atoms with E-state index in [0.717, 1.165) is 0 Å². The van der Waals surface area contributed by atoms with Crippen LogP contribution in [0.2, 0.25) is 0 Å². The Balaban J connectivity index is 2.81. The van der Waals surface area contributed by atoms with Gasteiger partial charge in [-0.15, -0.1) is 0 Å². The summed E-state index contributed by atoms with van der Waals surface area (Å²) in [5.74, 6) is 1.10. The number of fused-ring (bicyclic) bond motifs is 1. The average Bonchev–Trinajstić information content (AvgIpc) is 2.26. The largest absolute Gasteiger partial charge is 0.497 e. The number of carbonyl (C=O) groups excluding carboxylic acids is 1. The van der Waals surface area contributed by atoms with E-state index in [2.05, 4.69) is 0 Å². The number of ether oxygens (including phenoxy) is 1. The fourth-order valence-electron chi connectivity index (χ4n) is 1.99. The maximum Gasteiger partial charge on any atom is 0.193 e. The minimum absolute atomic E-state index is 0.00970. The highest BCUT2D eigenvalue weighted by Gasteiger charge is 2.12. The van der Waals surface area contributed by atoms with E-state index in [9.17, 15) is 9.59 Å². The summed E-state index contributed by atoms with van der Waals surface area (Å²) in [5, 5.41) is 0.455. The number of benzene rings is 1. The van der Waals surface area contributed by atoms with Gasteiger partial charge in [0.25, 0.3) is 0 Å². The van der Waals surface area contributed by atoms with E-state index in [-0.39, 0.29) is 17.6 Å². The van der Waals surface area contributed by atoms with Gasteiger partial charge in [-0.2, -0.15) is 0 Å². The van der Waals surface area contributed by atoms with Crippen molar-refractivity contribution < 1.29 is 13.9 Å². The number of hydrogen-bond donors (Lipinski definition) is 0. The topological polar surface area (TPSA) is 56.5 Å². The van der Waals surface area contributed by atoms with Crippen molar-refractivity contribution in [3.05, 3.63) is 39.7 Å². The molecule has 1 aromatic carbocycles. The summed E-state index contributed by atoms with van der Waals surface area (Å²) in [6.07, 6.45) is 0.196. The average molecular weight is 246 g/mol. The number of ketones is 1. The van der Waals surface area contributed by atoms with Crippen LogP contribution in [-0.4, -0.2) is 12.9 Å². The maximum absolute atomic E-state index is 12.0. The molecule has 0 N–H and O–H groups in total. The van der Waals surface area contributed by atoms with E-state index in [1.54, 1.807) is 19.1 Å². The number of methoxy groups -OCH3 is 1. The molecule has 2 aromatic rings. The van der Waals surface area contributed by atoms with Gasteiger partial charge in [0.2, 0.25) is 0 Å². The molecule has 0 saturated heterocycles. The molecule has 0 aliphatic carbocycles. The first-order valence-corrected chi connectivity index (χ1v) is 5.62. The number of carbonyl (C=O) groups is 1. The van der Waals surface area contributed by atoms with Gasteiger partial charge in [-0.05, 0) is 25.5 Å². The van der Waals surface area contributed by atoms with Gasteiger partial charge in [0, 0.05) is 18.6 Å². The third-order valence-corrected chi connectivity index (χ3v) is 2.68. The molecule has 1 aromatic heterocycles. The molecular weight excluding hydrogens is 232 g/mol. The molecule has 0 aliphatic rings. The lowest BCUT2D eigenvalue weighted by atomic mass is 10.0. The Kier molecular flexibility index (Phi) is 3.19. The Morgan fingerprint density at radius 3 is 2.67 bits per heavy atom. The number of Topliss-reactive ketones (excluding diaryl/α,β-unsaturated/α-hetero) is 1. The van der Waals surface area contributed by atoms with Gasteiger partial charge in [-0.25, -0.2) is 0 Å². The first-order valence-electron chi connectivity index (χ1n) is 5.62. The van der Waals surface area contributed by atoms with Crippen molar-refractivity contribution in [3.63, 3.8) is 0 Å². The van der Waals surface area contributed by atoms with E-state index < -0.39 is 0 Å². The highest BCUT2D eigenvalue weighted by molar-refractivity contribution is 5.88. The van der Waals surface area contributed by atoms with Crippen LogP contribution in [-0.2, 0) is 11.2 Å². The first kappa shape index (κ1) is 12.4. The molecule has 0 bridgehead atoms. The van der Waals surface area contributed by atoms with E-state index in [4.69, 9.17) is 9.15 Å². The zero-order valence-corrected chi connectivity index (χ0v) is 10.6. The van der Waals surface area contributed by atoms with Crippen LogP contribution in [0.3, 0.4) is 0 Å². The molecule has 18 heavy (non-hydrogen) atoms. The number of aryl methyl sites for hydroxylation is 1. The molecule has 0 saturated carbocycles.